The molecule has 2 heterocycles. The van der Waals surface area contributed by atoms with Crippen molar-refractivity contribution >= 4 is 5.97 Å². The Hall–Kier alpha value is -2.17. The molecule has 0 aliphatic rings. The molecule has 2 rings (SSSR count). The van der Waals surface area contributed by atoms with Crippen LogP contribution in [-0.2, 0) is 4.74 Å². The maximum atomic E-state index is 11.2. The van der Waals surface area contributed by atoms with Crippen LogP contribution in [0.1, 0.15) is 10.5 Å². The van der Waals surface area contributed by atoms with Gasteiger partial charge in [0.2, 0.25) is 0 Å². The van der Waals surface area contributed by atoms with E-state index in [1.807, 2.05) is 0 Å². The van der Waals surface area contributed by atoms with Crippen LogP contribution in [-0.4, -0.2) is 23.0 Å². The van der Waals surface area contributed by atoms with Gasteiger partial charge in [-0.25, -0.2) is 14.8 Å². The highest BCUT2D eigenvalue weighted by molar-refractivity contribution is 5.88. The van der Waals surface area contributed by atoms with Crippen molar-refractivity contribution in [2.24, 2.45) is 0 Å². The van der Waals surface area contributed by atoms with E-state index in [4.69, 9.17) is 4.42 Å². The Balaban J connectivity index is 2.39. The van der Waals surface area contributed by atoms with Crippen LogP contribution in [0.25, 0.3) is 11.5 Å². The van der Waals surface area contributed by atoms with Crippen LogP contribution in [0, 0.1) is 0 Å². The van der Waals surface area contributed by atoms with E-state index in [1.165, 1.54) is 25.8 Å². The molecule has 15 heavy (non-hydrogen) atoms. The van der Waals surface area contributed by atoms with Gasteiger partial charge in [-0.1, -0.05) is 0 Å². The van der Waals surface area contributed by atoms with Crippen molar-refractivity contribution < 1.29 is 13.9 Å². The molecule has 0 aliphatic heterocycles. The monoisotopic (exact) mass is 204 g/mol. The van der Waals surface area contributed by atoms with Gasteiger partial charge in [0, 0.05) is 6.07 Å². The van der Waals surface area contributed by atoms with E-state index >= 15 is 0 Å². The molecule has 0 radical (unpaired) electrons. The zero-order chi connectivity index (χ0) is 10.7. The Morgan fingerprint density at radius 3 is 3.00 bits per heavy atom. The number of methoxy groups -OCH3 is 1. The highest BCUT2D eigenvalue weighted by atomic mass is 16.5. The zero-order valence-electron chi connectivity index (χ0n) is 8.01. The second-order valence-electron chi connectivity index (χ2n) is 2.76. The van der Waals surface area contributed by atoms with E-state index in [9.17, 15) is 4.79 Å². The minimum atomic E-state index is -0.495. The largest absolute Gasteiger partial charge is 0.464 e. The van der Waals surface area contributed by atoms with Crippen molar-refractivity contribution in [2.45, 2.75) is 0 Å². The van der Waals surface area contributed by atoms with Gasteiger partial charge in [0.05, 0.1) is 13.4 Å². The smallest absolute Gasteiger partial charge is 0.356 e. The number of carbonyl (C=O) groups excluding carboxylic acids is 1. The first kappa shape index (κ1) is 9.39. The summed E-state index contributed by atoms with van der Waals surface area (Å²) < 4.78 is 9.69. The van der Waals surface area contributed by atoms with E-state index in [2.05, 4.69) is 14.7 Å². The lowest BCUT2D eigenvalue weighted by Gasteiger charge is -1.99. The highest BCUT2D eigenvalue weighted by Crippen LogP contribution is 2.17. The molecular weight excluding hydrogens is 196 g/mol. The van der Waals surface area contributed by atoms with Crippen LogP contribution in [0.4, 0.5) is 0 Å². The Kier molecular flexibility index (Phi) is 2.45. The molecule has 0 bridgehead atoms. The normalized spacial score (nSPS) is 9.93. The quantitative estimate of drug-likeness (QED) is 0.694. The molecule has 0 saturated heterocycles. The van der Waals surface area contributed by atoms with Crippen molar-refractivity contribution in [1.29, 1.82) is 0 Å². The van der Waals surface area contributed by atoms with Gasteiger partial charge in [0.25, 0.3) is 0 Å². The lowest BCUT2D eigenvalue weighted by molar-refractivity contribution is 0.0594. The molecule has 0 unspecified atom stereocenters. The summed E-state index contributed by atoms with van der Waals surface area (Å²) in [7, 11) is 1.30. The molecule has 0 spiro atoms. The molecule has 0 aromatic carbocycles. The number of esters is 1. The Bertz CT molecular complexity index is 465. The zero-order valence-corrected chi connectivity index (χ0v) is 8.01. The third-order valence-electron chi connectivity index (χ3n) is 1.84. The molecule has 5 heteroatoms. The first-order valence-corrected chi connectivity index (χ1v) is 4.25. The summed E-state index contributed by atoms with van der Waals surface area (Å²) in [5.74, 6) is 0.0905. The topological polar surface area (TPSA) is 65.2 Å². The summed E-state index contributed by atoms with van der Waals surface area (Å²) in [6.45, 7) is 0. The first-order chi connectivity index (χ1) is 7.31. The van der Waals surface area contributed by atoms with Gasteiger partial charge >= 0.3 is 5.97 Å². The lowest BCUT2D eigenvalue weighted by atomic mass is 10.3. The van der Waals surface area contributed by atoms with Crippen LogP contribution < -0.4 is 0 Å². The second-order valence-corrected chi connectivity index (χ2v) is 2.76. The predicted molar refractivity (Wildman–Crippen MR) is 51.1 cm³/mol. The molecular formula is C10H8N2O3. The maximum Gasteiger partial charge on any atom is 0.356 e. The lowest BCUT2D eigenvalue weighted by Crippen LogP contribution is -2.04. The fraction of sp³-hybridized carbons (Fsp3) is 0.100. The van der Waals surface area contributed by atoms with Crippen LogP contribution in [0.15, 0.2) is 35.2 Å². The molecule has 0 fully saturated rings. The highest BCUT2D eigenvalue weighted by Gasteiger charge is 2.10. The maximum absolute atomic E-state index is 11.2. The van der Waals surface area contributed by atoms with Gasteiger partial charge in [-0.2, -0.15) is 0 Å². The van der Waals surface area contributed by atoms with Crippen LogP contribution in [0.2, 0.25) is 0 Å². The van der Waals surface area contributed by atoms with E-state index in [0.29, 0.717) is 11.5 Å². The number of ether oxygens (including phenoxy) is 1. The van der Waals surface area contributed by atoms with Crippen molar-refractivity contribution in [1.82, 2.24) is 9.97 Å². The summed E-state index contributed by atoms with van der Waals surface area (Å²) in [6, 6.07) is 5.02. The van der Waals surface area contributed by atoms with Gasteiger partial charge < -0.3 is 9.15 Å². The molecule has 0 atom stereocenters. The standard InChI is InChI=1S/C10H8N2O3/c1-14-10(13)8-5-7(11-6-12-8)9-3-2-4-15-9/h2-6H,1H3. The van der Waals surface area contributed by atoms with Crippen molar-refractivity contribution in [3.05, 3.63) is 36.5 Å². The number of aromatic nitrogens is 2. The average molecular weight is 204 g/mol. The van der Waals surface area contributed by atoms with Gasteiger partial charge in [0.1, 0.15) is 12.0 Å². The molecule has 76 valence electrons. The van der Waals surface area contributed by atoms with Crippen molar-refractivity contribution in [2.75, 3.05) is 7.11 Å². The Morgan fingerprint density at radius 1 is 1.47 bits per heavy atom. The van der Waals surface area contributed by atoms with Crippen LogP contribution in [0.5, 0.6) is 0 Å². The third-order valence-corrected chi connectivity index (χ3v) is 1.84. The van der Waals surface area contributed by atoms with E-state index in [1.54, 1.807) is 12.1 Å². The number of rotatable bonds is 2. The Labute approximate surface area is 85.7 Å². The molecule has 0 saturated carbocycles. The number of nitrogens with zero attached hydrogens (tertiary/aromatic N) is 2. The Morgan fingerprint density at radius 2 is 2.33 bits per heavy atom. The van der Waals surface area contributed by atoms with Crippen LogP contribution >= 0.6 is 0 Å². The minimum absolute atomic E-state index is 0.207. The number of carbonyl (C=O) groups is 1. The second kappa shape index (κ2) is 3.91. The predicted octanol–water partition coefficient (Wildman–Crippen LogP) is 1.52. The van der Waals surface area contributed by atoms with Gasteiger partial charge in [-0.15, -0.1) is 0 Å². The summed E-state index contributed by atoms with van der Waals surface area (Å²) in [5.41, 5.74) is 0.759. The van der Waals surface area contributed by atoms with E-state index < -0.39 is 5.97 Å². The number of hydrogen-bond donors (Lipinski definition) is 0. The number of hydrogen-bond acceptors (Lipinski definition) is 5. The van der Waals surface area contributed by atoms with Gasteiger partial charge in [-0.05, 0) is 12.1 Å². The summed E-state index contributed by atoms with van der Waals surface area (Å²) in [5, 5.41) is 0. The summed E-state index contributed by atoms with van der Waals surface area (Å²) >= 11 is 0. The van der Waals surface area contributed by atoms with Crippen molar-refractivity contribution in [3.63, 3.8) is 0 Å². The first-order valence-electron chi connectivity index (χ1n) is 4.25. The molecule has 2 aromatic rings. The molecule has 0 aliphatic carbocycles. The van der Waals surface area contributed by atoms with Gasteiger partial charge in [-0.3, -0.25) is 0 Å². The van der Waals surface area contributed by atoms with Crippen LogP contribution in [0.3, 0.4) is 0 Å². The summed E-state index contributed by atoms with van der Waals surface area (Å²) in [4.78, 5) is 19.0. The summed E-state index contributed by atoms with van der Waals surface area (Å²) in [6.07, 6.45) is 2.83. The minimum Gasteiger partial charge on any atom is -0.464 e. The van der Waals surface area contributed by atoms with Crippen molar-refractivity contribution in [3.8, 4) is 11.5 Å². The molecule has 5 nitrogen and oxygen atoms in total. The SMILES string of the molecule is COC(=O)c1cc(-c2ccco2)ncn1. The molecule has 2 aromatic heterocycles. The average Bonchev–Trinajstić information content (AvgIpc) is 2.82. The van der Waals surface area contributed by atoms with E-state index in [-0.39, 0.29) is 5.69 Å². The molecule has 0 N–H and O–H groups in total. The fourth-order valence-corrected chi connectivity index (χ4v) is 1.13. The van der Waals surface area contributed by atoms with E-state index in [0.717, 1.165) is 0 Å². The third kappa shape index (κ3) is 1.85. The molecule has 0 amide bonds. The fourth-order valence-electron chi connectivity index (χ4n) is 1.13. The van der Waals surface area contributed by atoms with Gasteiger partial charge in [0.15, 0.2) is 11.5 Å². The number of furan rings is 1.